The van der Waals surface area contributed by atoms with Gasteiger partial charge in [0.2, 0.25) is 5.91 Å². The minimum absolute atomic E-state index is 0.0883. The third-order valence-electron chi connectivity index (χ3n) is 4.96. The van der Waals surface area contributed by atoms with Crippen molar-refractivity contribution < 1.29 is 9.53 Å². The molecule has 4 rings (SSSR count). The summed E-state index contributed by atoms with van der Waals surface area (Å²) < 4.78 is 6.68. The fraction of sp³-hybridized carbons (Fsp3) is 0.120. The number of nitrogens with one attached hydrogen (secondary N) is 1. The van der Waals surface area contributed by atoms with Gasteiger partial charge in [-0.05, 0) is 54.1 Å². The van der Waals surface area contributed by atoms with Gasteiger partial charge in [-0.1, -0.05) is 36.0 Å². The molecule has 164 valence electrons. The van der Waals surface area contributed by atoms with Crippen molar-refractivity contribution in [3.8, 4) is 17.5 Å². The van der Waals surface area contributed by atoms with E-state index in [1.807, 2.05) is 30.3 Å². The summed E-state index contributed by atoms with van der Waals surface area (Å²) in [6.45, 7) is 0.365. The zero-order chi connectivity index (χ0) is 23.2. The van der Waals surface area contributed by atoms with Crippen LogP contribution in [0.25, 0.3) is 16.6 Å². The monoisotopic (exact) mass is 456 g/mol. The normalized spacial score (nSPS) is 10.5. The molecule has 1 N–H and O–H groups in total. The van der Waals surface area contributed by atoms with Crippen LogP contribution in [0, 0.1) is 11.3 Å². The van der Waals surface area contributed by atoms with Crippen LogP contribution in [0.5, 0.6) is 5.75 Å². The number of para-hydroxylation sites is 1. The van der Waals surface area contributed by atoms with Gasteiger partial charge in [0, 0.05) is 6.54 Å². The summed E-state index contributed by atoms with van der Waals surface area (Å²) in [7, 11) is 1.60. The number of rotatable bonds is 7. The molecule has 0 atom stereocenters. The lowest BCUT2D eigenvalue weighted by molar-refractivity contribution is -0.118. The molecule has 1 amide bonds. The Kier molecular flexibility index (Phi) is 6.72. The first kappa shape index (κ1) is 22.1. The number of ether oxygens (including phenoxy) is 1. The van der Waals surface area contributed by atoms with Crippen molar-refractivity contribution in [1.29, 1.82) is 5.26 Å². The highest BCUT2D eigenvalue weighted by atomic mass is 32.2. The highest BCUT2D eigenvalue weighted by Gasteiger charge is 2.15. The molecule has 0 spiro atoms. The third-order valence-corrected chi connectivity index (χ3v) is 5.89. The predicted octanol–water partition coefficient (Wildman–Crippen LogP) is 3.67. The first-order valence-corrected chi connectivity index (χ1v) is 11.1. The molecule has 0 saturated carbocycles. The van der Waals surface area contributed by atoms with Crippen molar-refractivity contribution in [2.75, 3.05) is 12.9 Å². The number of hydrogen-bond acceptors (Lipinski definition) is 6. The molecular formula is C25H20N4O3S. The number of carbonyl (C=O) groups excluding carboxylic acids is 1. The van der Waals surface area contributed by atoms with Gasteiger partial charge in [0.25, 0.3) is 5.56 Å². The van der Waals surface area contributed by atoms with E-state index in [-0.39, 0.29) is 17.2 Å². The second-order valence-corrected chi connectivity index (χ2v) is 8.07. The molecule has 4 aromatic rings. The first-order valence-electron chi connectivity index (χ1n) is 10.1. The first-order chi connectivity index (χ1) is 16.1. The molecule has 0 saturated heterocycles. The van der Waals surface area contributed by atoms with E-state index in [1.54, 1.807) is 49.6 Å². The minimum Gasteiger partial charge on any atom is -0.497 e. The van der Waals surface area contributed by atoms with Crippen molar-refractivity contribution >= 4 is 28.6 Å². The predicted molar refractivity (Wildman–Crippen MR) is 128 cm³/mol. The summed E-state index contributed by atoms with van der Waals surface area (Å²) in [5.41, 5.74) is 2.32. The van der Waals surface area contributed by atoms with Crippen molar-refractivity contribution in [3.63, 3.8) is 0 Å². The number of aromatic nitrogens is 2. The summed E-state index contributed by atoms with van der Waals surface area (Å²) in [5, 5.41) is 12.8. The van der Waals surface area contributed by atoms with Crippen LogP contribution in [0.15, 0.2) is 82.7 Å². The fourth-order valence-electron chi connectivity index (χ4n) is 3.29. The van der Waals surface area contributed by atoms with Gasteiger partial charge in [-0.25, -0.2) is 4.98 Å². The van der Waals surface area contributed by atoms with Crippen molar-refractivity contribution in [1.82, 2.24) is 14.9 Å². The number of methoxy groups -OCH3 is 1. The van der Waals surface area contributed by atoms with Gasteiger partial charge in [-0.3, -0.25) is 14.2 Å². The maximum atomic E-state index is 13.3. The quantitative estimate of drug-likeness (QED) is 0.337. The fourth-order valence-corrected chi connectivity index (χ4v) is 4.13. The molecule has 1 aromatic heterocycles. The number of thioether (sulfide) groups is 1. The van der Waals surface area contributed by atoms with Crippen LogP contribution in [0.1, 0.15) is 11.1 Å². The Labute approximate surface area is 194 Å². The lowest BCUT2D eigenvalue weighted by atomic mass is 10.2. The van der Waals surface area contributed by atoms with E-state index < -0.39 is 0 Å². The van der Waals surface area contributed by atoms with Gasteiger partial charge in [0.1, 0.15) is 5.75 Å². The second-order valence-electron chi connectivity index (χ2n) is 7.13. The largest absolute Gasteiger partial charge is 0.497 e. The number of nitrogens with zero attached hydrogens (tertiary/aromatic N) is 3. The van der Waals surface area contributed by atoms with Crippen LogP contribution in [-0.4, -0.2) is 28.3 Å². The van der Waals surface area contributed by atoms with E-state index in [0.717, 1.165) is 11.3 Å². The Bertz CT molecular complexity index is 1410. The number of amides is 1. The summed E-state index contributed by atoms with van der Waals surface area (Å²) in [4.78, 5) is 30.4. The molecule has 0 radical (unpaired) electrons. The van der Waals surface area contributed by atoms with Crippen LogP contribution < -0.4 is 15.6 Å². The lowest BCUT2D eigenvalue weighted by Crippen LogP contribution is -2.26. The molecule has 33 heavy (non-hydrogen) atoms. The van der Waals surface area contributed by atoms with Gasteiger partial charge >= 0.3 is 0 Å². The molecule has 7 nitrogen and oxygen atoms in total. The highest BCUT2D eigenvalue weighted by molar-refractivity contribution is 7.99. The minimum atomic E-state index is -0.232. The summed E-state index contributed by atoms with van der Waals surface area (Å²) in [6.07, 6.45) is 0. The Morgan fingerprint density at radius 2 is 1.91 bits per heavy atom. The van der Waals surface area contributed by atoms with Crippen LogP contribution >= 0.6 is 11.8 Å². The number of carbonyl (C=O) groups is 1. The molecule has 0 aliphatic rings. The number of fused-ring (bicyclic) bond motifs is 1. The highest BCUT2D eigenvalue weighted by Crippen LogP contribution is 2.21. The Balaban J connectivity index is 1.57. The van der Waals surface area contributed by atoms with Crippen molar-refractivity contribution in [2.45, 2.75) is 11.7 Å². The van der Waals surface area contributed by atoms with E-state index in [1.165, 1.54) is 16.3 Å². The Morgan fingerprint density at radius 3 is 2.67 bits per heavy atom. The van der Waals surface area contributed by atoms with Gasteiger partial charge in [-0.15, -0.1) is 0 Å². The van der Waals surface area contributed by atoms with Crippen LogP contribution in [0.3, 0.4) is 0 Å². The molecule has 1 heterocycles. The standard InChI is InChI=1S/C25H20N4O3S/c1-32-20-6-4-5-18(13-20)15-27-23(30)16-33-25-28-22-8-3-2-7-21(22)24(31)29(25)19-11-9-17(14-26)10-12-19/h2-13H,15-16H2,1H3,(H,27,30). The van der Waals surface area contributed by atoms with Crippen LogP contribution in [-0.2, 0) is 11.3 Å². The van der Waals surface area contributed by atoms with Crippen molar-refractivity contribution in [3.05, 3.63) is 94.3 Å². The van der Waals surface area contributed by atoms with Crippen LogP contribution in [0.2, 0.25) is 0 Å². The summed E-state index contributed by atoms with van der Waals surface area (Å²) in [5.74, 6) is 0.630. The average Bonchev–Trinajstić information content (AvgIpc) is 2.86. The Morgan fingerprint density at radius 1 is 1.12 bits per heavy atom. The molecule has 0 aliphatic carbocycles. The molecule has 8 heteroatoms. The smallest absolute Gasteiger partial charge is 0.266 e. The zero-order valence-electron chi connectivity index (χ0n) is 17.8. The maximum Gasteiger partial charge on any atom is 0.266 e. The number of hydrogen-bond donors (Lipinski definition) is 1. The molecule has 0 unspecified atom stereocenters. The molecule has 0 fully saturated rings. The SMILES string of the molecule is COc1cccc(CNC(=O)CSc2nc3ccccc3c(=O)n2-c2ccc(C#N)cc2)c1. The third kappa shape index (κ3) is 5.05. The maximum absolute atomic E-state index is 13.3. The van der Waals surface area contributed by atoms with Gasteiger partial charge in [-0.2, -0.15) is 5.26 Å². The van der Waals surface area contributed by atoms with Gasteiger partial charge in [0.15, 0.2) is 5.16 Å². The second kappa shape index (κ2) is 10.0. The molecule has 0 aliphatic heterocycles. The van der Waals surface area contributed by atoms with Crippen molar-refractivity contribution in [2.24, 2.45) is 0 Å². The average molecular weight is 457 g/mol. The van der Waals surface area contributed by atoms with E-state index >= 15 is 0 Å². The van der Waals surface area contributed by atoms with E-state index in [4.69, 9.17) is 10.00 Å². The van der Waals surface area contributed by atoms with Crippen LogP contribution in [0.4, 0.5) is 0 Å². The number of nitriles is 1. The zero-order valence-corrected chi connectivity index (χ0v) is 18.6. The van der Waals surface area contributed by atoms with Gasteiger partial charge in [0.05, 0.1) is 41.1 Å². The molecule has 3 aromatic carbocycles. The van der Waals surface area contributed by atoms with E-state index in [2.05, 4.69) is 16.4 Å². The summed E-state index contributed by atoms with van der Waals surface area (Å²) in [6, 6.07) is 23.3. The molecule has 0 bridgehead atoms. The van der Waals surface area contributed by atoms with Gasteiger partial charge < -0.3 is 10.1 Å². The van der Waals surface area contributed by atoms with E-state index in [9.17, 15) is 9.59 Å². The lowest BCUT2D eigenvalue weighted by Gasteiger charge is -2.13. The molecular weight excluding hydrogens is 436 g/mol. The summed E-state index contributed by atoms with van der Waals surface area (Å²) >= 11 is 1.18. The van der Waals surface area contributed by atoms with E-state index in [0.29, 0.717) is 33.9 Å². The Hall–Kier alpha value is -4.09. The topological polar surface area (TPSA) is 97.0 Å². The number of benzene rings is 3.